The number of benzene rings is 1. The predicted molar refractivity (Wildman–Crippen MR) is 64.9 cm³/mol. The molecule has 0 radical (unpaired) electrons. The van der Waals surface area contributed by atoms with Gasteiger partial charge in [-0.3, -0.25) is 0 Å². The van der Waals surface area contributed by atoms with Gasteiger partial charge in [-0.1, -0.05) is 0 Å². The summed E-state index contributed by atoms with van der Waals surface area (Å²) in [5.74, 6) is 0.633. The van der Waals surface area contributed by atoms with Crippen LogP contribution >= 0.6 is 31.9 Å². The number of aliphatic hydroxyl groups excluding tert-OH is 2. The van der Waals surface area contributed by atoms with Crippen LogP contribution in [0.25, 0.3) is 0 Å². The molecule has 3 nitrogen and oxygen atoms in total. The molecule has 0 aromatic heterocycles. The van der Waals surface area contributed by atoms with Crippen LogP contribution in [0.3, 0.4) is 0 Å². The van der Waals surface area contributed by atoms with Crippen molar-refractivity contribution < 1.29 is 14.9 Å². The van der Waals surface area contributed by atoms with Crippen LogP contribution in [0.15, 0.2) is 21.1 Å². The van der Waals surface area contributed by atoms with E-state index in [1.165, 1.54) is 0 Å². The molecule has 0 aliphatic heterocycles. The van der Waals surface area contributed by atoms with Crippen molar-refractivity contribution >= 4 is 31.9 Å². The first kappa shape index (κ1) is 13.0. The Morgan fingerprint density at radius 3 is 2.27 bits per heavy atom. The summed E-state index contributed by atoms with van der Waals surface area (Å²) in [5, 5.41) is 18.1. The fourth-order valence-electron chi connectivity index (χ4n) is 1.05. The number of hydrogen-bond acceptors (Lipinski definition) is 3. The van der Waals surface area contributed by atoms with E-state index in [1.807, 2.05) is 0 Å². The van der Waals surface area contributed by atoms with E-state index in [2.05, 4.69) is 31.9 Å². The summed E-state index contributed by atoms with van der Waals surface area (Å²) in [5.41, 5.74) is 0.790. The molecule has 15 heavy (non-hydrogen) atoms. The van der Waals surface area contributed by atoms with Gasteiger partial charge in [-0.2, -0.15) is 0 Å². The molecular formula is C10H12Br2O3. The summed E-state index contributed by atoms with van der Waals surface area (Å²) in [6, 6.07) is 3.56. The molecule has 0 amide bonds. The lowest BCUT2D eigenvalue weighted by Crippen LogP contribution is -2.13. The molecule has 5 heteroatoms. The summed E-state index contributed by atoms with van der Waals surface area (Å²) < 4.78 is 6.91. The summed E-state index contributed by atoms with van der Waals surface area (Å²) >= 11 is 6.68. The molecule has 84 valence electrons. The van der Waals surface area contributed by atoms with Gasteiger partial charge in [0.05, 0.1) is 21.7 Å². The van der Waals surface area contributed by atoms with E-state index in [0.717, 1.165) is 14.5 Å². The lowest BCUT2D eigenvalue weighted by molar-refractivity contribution is 0.122. The molecule has 0 heterocycles. The maximum atomic E-state index is 9.10. The van der Waals surface area contributed by atoms with E-state index < -0.39 is 6.10 Å². The lowest BCUT2D eigenvalue weighted by Gasteiger charge is -2.12. The third-order valence-corrected chi connectivity index (χ3v) is 2.89. The van der Waals surface area contributed by atoms with Crippen molar-refractivity contribution in [1.82, 2.24) is 0 Å². The van der Waals surface area contributed by atoms with Crippen LogP contribution in [0.2, 0.25) is 0 Å². The van der Waals surface area contributed by atoms with Crippen LogP contribution in [0.5, 0.6) is 5.75 Å². The zero-order valence-electron chi connectivity index (χ0n) is 8.20. The largest absolute Gasteiger partial charge is 0.489 e. The van der Waals surface area contributed by atoms with Gasteiger partial charge in [-0.05, 0) is 56.5 Å². The summed E-state index contributed by atoms with van der Waals surface area (Å²) in [6.45, 7) is 1.87. The molecule has 1 atom stereocenters. The van der Waals surface area contributed by atoms with E-state index in [-0.39, 0.29) is 13.2 Å². The first-order valence-electron chi connectivity index (χ1n) is 4.44. The van der Waals surface area contributed by atoms with Crippen LogP contribution in [0, 0.1) is 0 Å². The molecular weight excluding hydrogens is 328 g/mol. The van der Waals surface area contributed by atoms with Gasteiger partial charge in [0.25, 0.3) is 0 Å². The van der Waals surface area contributed by atoms with Gasteiger partial charge in [0, 0.05) is 0 Å². The second-order valence-corrected chi connectivity index (χ2v) is 4.92. The Bertz CT molecular complexity index is 316. The van der Waals surface area contributed by atoms with Crippen LogP contribution in [-0.4, -0.2) is 22.9 Å². The smallest absolute Gasteiger partial charge is 0.147 e. The van der Waals surface area contributed by atoms with Crippen molar-refractivity contribution in [2.75, 3.05) is 6.61 Å². The van der Waals surface area contributed by atoms with E-state index >= 15 is 0 Å². The van der Waals surface area contributed by atoms with Gasteiger partial charge >= 0.3 is 0 Å². The number of ether oxygens (including phenoxy) is 1. The highest BCUT2D eigenvalue weighted by molar-refractivity contribution is 9.11. The molecule has 0 aliphatic rings. The van der Waals surface area contributed by atoms with E-state index in [4.69, 9.17) is 14.9 Å². The standard InChI is InChI=1S/C10H12Br2O3/c1-6(14)5-15-10-8(11)2-7(4-13)3-9(10)12/h2-3,6,13-14H,4-5H2,1H3. The molecule has 0 fully saturated rings. The Morgan fingerprint density at radius 1 is 1.33 bits per heavy atom. The third kappa shape index (κ3) is 3.75. The Kier molecular flexibility index (Phi) is 5.05. The van der Waals surface area contributed by atoms with Crippen LogP contribution < -0.4 is 4.74 Å². The molecule has 1 aromatic carbocycles. The van der Waals surface area contributed by atoms with Crippen LogP contribution in [0.1, 0.15) is 12.5 Å². The monoisotopic (exact) mass is 338 g/mol. The normalized spacial score (nSPS) is 12.6. The van der Waals surface area contributed by atoms with Crippen molar-refractivity contribution in [1.29, 1.82) is 0 Å². The highest BCUT2D eigenvalue weighted by atomic mass is 79.9. The zero-order valence-corrected chi connectivity index (χ0v) is 11.4. The minimum absolute atomic E-state index is 0.0200. The van der Waals surface area contributed by atoms with Crippen LogP contribution in [-0.2, 0) is 6.61 Å². The Hall–Kier alpha value is -0.100. The van der Waals surface area contributed by atoms with Crippen molar-refractivity contribution in [3.05, 3.63) is 26.6 Å². The number of rotatable bonds is 4. The Balaban J connectivity index is 2.88. The highest BCUT2D eigenvalue weighted by Crippen LogP contribution is 2.34. The Morgan fingerprint density at radius 2 is 1.87 bits per heavy atom. The molecule has 1 unspecified atom stereocenters. The van der Waals surface area contributed by atoms with E-state index in [1.54, 1.807) is 19.1 Å². The molecule has 1 aromatic rings. The molecule has 1 rings (SSSR count). The maximum Gasteiger partial charge on any atom is 0.147 e. The maximum absolute atomic E-state index is 9.10. The molecule has 0 saturated carbocycles. The first-order chi connectivity index (χ1) is 7.04. The van der Waals surface area contributed by atoms with Gasteiger partial charge < -0.3 is 14.9 Å². The quantitative estimate of drug-likeness (QED) is 0.886. The average molecular weight is 340 g/mol. The lowest BCUT2D eigenvalue weighted by atomic mass is 10.2. The fourth-order valence-corrected chi connectivity index (χ4v) is 2.56. The fraction of sp³-hybridized carbons (Fsp3) is 0.400. The Labute approximate surface area is 105 Å². The van der Waals surface area contributed by atoms with Gasteiger partial charge in [0.15, 0.2) is 0 Å². The number of aliphatic hydroxyl groups is 2. The SMILES string of the molecule is CC(O)COc1c(Br)cc(CO)cc1Br. The van der Waals surface area contributed by atoms with Crippen molar-refractivity contribution in [3.8, 4) is 5.75 Å². The van der Waals surface area contributed by atoms with E-state index in [9.17, 15) is 0 Å². The topological polar surface area (TPSA) is 49.7 Å². The molecule has 0 saturated heterocycles. The molecule has 0 aliphatic carbocycles. The van der Waals surface area contributed by atoms with Gasteiger partial charge in [0.1, 0.15) is 12.4 Å². The number of hydrogen-bond donors (Lipinski definition) is 2. The molecule has 0 spiro atoms. The van der Waals surface area contributed by atoms with Crippen molar-refractivity contribution in [2.24, 2.45) is 0 Å². The van der Waals surface area contributed by atoms with Gasteiger partial charge in [0.2, 0.25) is 0 Å². The van der Waals surface area contributed by atoms with E-state index in [0.29, 0.717) is 5.75 Å². The molecule has 0 bridgehead atoms. The summed E-state index contributed by atoms with van der Waals surface area (Å²) in [6.07, 6.45) is -0.513. The summed E-state index contributed by atoms with van der Waals surface area (Å²) in [7, 11) is 0. The second-order valence-electron chi connectivity index (χ2n) is 3.21. The predicted octanol–water partition coefficient (Wildman–Crippen LogP) is 2.46. The third-order valence-electron chi connectivity index (χ3n) is 1.71. The van der Waals surface area contributed by atoms with Crippen molar-refractivity contribution in [2.45, 2.75) is 19.6 Å². The minimum atomic E-state index is -0.513. The van der Waals surface area contributed by atoms with Gasteiger partial charge in [-0.15, -0.1) is 0 Å². The zero-order chi connectivity index (χ0) is 11.4. The highest BCUT2D eigenvalue weighted by Gasteiger charge is 2.09. The minimum Gasteiger partial charge on any atom is -0.489 e. The number of halogens is 2. The first-order valence-corrected chi connectivity index (χ1v) is 6.03. The van der Waals surface area contributed by atoms with Crippen molar-refractivity contribution in [3.63, 3.8) is 0 Å². The van der Waals surface area contributed by atoms with Crippen LogP contribution in [0.4, 0.5) is 0 Å². The average Bonchev–Trinajstić information content (AvgIpc) is 2.15. The van der Waals surface area contributed by atoms with Gasteiger partial charge in [-0.25, -0.2) is 0 Å². The molecule has 2 N–H and O–H groups in total. The second kappa shape index (κ2) is 5.84. The summed E-state index contributed by atoms with van der Waals surface area (Å²) in [4.78, 5) is 0.